The van der Waals surface area contributed by atoms with Crippen molar-refractivity contribution in [3.63, 3.8) is 0 Å². The largest absolute Gasteiger partial charge is 0.510 e. The molecule has 77 heavy (non-hydrogen) atoms. The van der Waals surface area contributed by atoms with Gasteiger partial charge in [0.25, 0.3) is 6.33 Å². The number of nitrogens with zero attached hydrogens (tertiary/aromatic N) is 5. The SMILES string of the molecule is [2H]c1c([2H])c([2H])c(-c2cccc(-c3c([2H])c([2H])c([2H])c([2H])c3[2H])c2-[n+]2[c-]n(-c3[c-]c(Oc4[c-]c5c(cc4)c4ccccc4n5-c4cc(C(C)(C)C)ccn4)ccc3)c3c(-c4ccccc4-n4c5ccccc5c5ccccc54)cccc32)c([2H])c1[2H].[Pt]. The molecule has 0 aliphatic rings. The third-order valence-electron chi connectivity index (χ3n) is 14.1. The van der Waals surface area contributed by atoms with Crippen molar-refractivity contribution in [2.45, 2.75) is 26.2 Å². The molecule has 0 aliphatic carbocycles. The Kier molecular flexibility index (Phi) is 9.40. The first-order valence-electron chi connectivity index (χ1n) is 30.0. The molecule has 0 aliphatic heterocycles. The van der Waals surface area contributed by atoms with Crippen LogP contribution in [0, 0.1) is 18.5 Å². The zero-order valence-corrected chi connectivity index (χ0v) is 44.1. The summed E-state index contributed by atoms with van der Waals surface area (Å²) in [6.45, 7) is 6.52. The van der Waals surface area contributed by atoms with Gasteiger partial charge in [0.2, 0.25) is 0 Å². The normalized spacial score (nSPS) is 13.5. The van der Waals surface area contributed by atoms with Crippen LogP contribution in [0.2, 0.25) is 0 Å². The Labute approximate surface area is 475 Å². The molecule has 0 amide bonds. The summed E-state index contributed by atoms with van der Waals surface area (Å²) in [7, 11) is 0. The van der Waals surface area contributed by atoms with Gasteiger partial charge in [0.15, 0.2) is 0 Å². The Bertz CT molecular complexity index is 4980. The van der Waals surface area contributed by atoms with Gasteiger partial charge in [-0.2, -0.15) is 18.2 Å². The molecule has 0 N–H and O–H groups in total. The topological polar surface area (TPSA) is 40.8 Å². The Morgan fingerprint density at radius 2 is 1.08 bits per heavy atom. The average Bonchev–Trinajstić information content (AvgIpc) is 1.80. The summed E-state index contributed by atoms with van der Waals surface area (Å²) in [6, 6.07) is 58.6. The number of imidazole rings is 1. The zero-order valence-electron chi connectivity index (χ0n) is 51.8. The molecule has 0 radical (unpaired) electrons. The Morgan fingerprint density at radius 3 is 1.75 bits per heavy atom. The van der Waals surface area contributed by atoms with E-state index in [0.717, 1.165) is 71.8 Å². The van der Waals surface area contributed by atoms with Gasteiger partial charge in [-0.25, -0.2) is 4.98 Å². The second kappa shape index (κ2) is 19.2. The number of benzene rings is 10. The van der Waals surface area contributed by atoms with Gasteiger partial charge < -0.3 is 18.4 Å². The maximum atomic E-state index is 9.33. The van der Waals surface area contributed by atoms with Crippen LogP contribution >= 0.6 is 0 Å². The van der Waals surface area contributed by atoms with Crippen LogP contribution in [0.4, 0.5) is 0 Å². The van der Waals surface area contributed by atoms with Crippen molar-refractivity contribution in [3.05, 3.63) is 267 Å². The maximum Gasteiger partial charge on any atom is 0.268 e. The van der Waals surface area contributed by atoms with Crippen LogP contribution in [0.5, 0.6) is 11.5 Å². The van der Waals surface area contributed by atoms with Crippen molar-refractivity contribution in [1.82, 2.24) is 18.7 Å². The van der Waals surface area contributed by atoms with Gasteiger partial charge in [0.1, 0.15) is 5.82 Å². The summed E-state index contributed by atoms with van der Waals surface area (Å²) in [5.41, 5.74) is 8.69. The third-order valence-corrected chi connectivity index (χ3v) is 14.1. The van der Waals surface area contributed by atoms with Crippen molar-refractivity contribution in [2.24, 2.45) is 0 Å². The molecule has 4 aromatic heterocycles. The van der Waals surface area contributed by atoms with Crippen molar-refractivity contribution >= 4 is 54.6 Å². The first kappa shape index (κ1) is 37.6. The van der Waals surface area contributed by atoms with Gasteiger partial charge in [-0.05, 0) is 86.3 Å². The van der Waals surface area contributed by atoms with E-state index in [1.54, 1.807) is 28.8 Å². The molecule has 6 nitrogen and oxygen atoms in total. The number of para-hydroxylation sites is 6. The number of aromatic nitrogens is 5. The molecule has 14 aromatic rings. The molecular formula is C70H49N5OPt-2. The van der Waals surface area contributed by atoms with E-state index >= 15 is 0 Å². The second-order valence-electron chi connectivity index (χ2n) is 19.6. The number of fused-ring (bicyclic) bond motifs is 7. The second-order valence-corrected chi connectivity index (χ2v) is 19.6. The molecule has 0 unspecified atom stereocenters. The first-order chi connectivity index (χ1) is 41.5. The monoisotopic (exact) mass is 1180 g/mol. The van der Waals surface area contributed by atoms with Crippen molar-refractivity contribution in [3.8, 4) is 67.8 Å². The maximum absolute atomic E-state index is 9.33. The summed E-state index contributed by atoms with van der Waals surface area (Å²) in [5, 5.41) is 4.15. The van der Waals surface area contributed by atoms with Gasteiger partial charge >= 0.3 is 0 Å². The van der Waals surface area contributed by atoms with Gasteiger partial charge in [-0.15, -0.1) is 29.7 Å². The van der Waals surface area contributed by atoms with Gasteiger partial charge in [-0.1, -0.05) is 196 Å². The minimum atomic E-state index is -0.588. The number of hydrogen-bond acceptors (Lipinski definition) is 2. The first-order valence-corrected chi connectivity index (χ1v) is 25.0. The van der Waals surface area contributed by atoms with E-state index in [0.29, 0.717) is 28.2 Å². The van der Waals surface area contributed by atoms with Crippen LogP contribution in [0.15, 0.2) is 243 Å². The van der Waals surface area contributed by atoms with Crippen LogP contribution in [0.25, 0.3) is 111 Å². The van der Waals surface area contributed by atoms with Crippen molar-refractivity contribution in [1.29, 1.82) is 0 Å². The number of rotatable bonds is 9. The summed E-state index contributed by atoms with van der Waals surface area (Å²) in [5.74, 6) is 1.49. The smallest absolute Gasteiger partial charge is 0.268 e. The Balaban J connectivity index is 0.00000700. The summed E-state index contributed by atoms with van der Waals surface area (Å²) < 4.78 is 104. The fourth-order valence-corrected chi connectivity index (χ4v) is 10.7. The summed E-state index contributed by atoms with van der Waals surface area (Å²) in [6.07, 6.45) is 5.45. The molecule has 14 rings (SSSR count). The molecule has 0 atom stereocenters. The van der Waals surface area contributed by atoms with Crippen LogP contribution in [-0.2, 0) is 26.5 Å². The predicted molar refractivity (Wildman–Crippen MR) is 309 cm³/mol. The van der Waals surface area contributed by atoms with E-state index in [1.807, 2.05) is 108 Å². The molecule has 7 heteroatoms. The zero-order chi connectivity index (χ0) is 59.6. The van der Waals surface area contributed by atoms with E-state index in [2.05, 4.69) is 103 Å². The van der Waals surface area contributed by atoms with E-state index in [4.69, 9.17) is 17.9 Å². The van der Waals surface area contributed by atoms with Gasteiger partial charge in [0.05, 0.1) is 47.1 Å². The predicted octanol–water partition coefficient (Wildman–Crippen LogP) is 17.0. The minimum Gasteiger partial charge on any atom is -0.510 e. The molecule has 4 heterocycles. The average molecular weight is 1180 g/mol. The summed E-state index contributed by atoms with van der Waals surface area (Å²) >= 11 is 0. The Morgan fingerprint density at radius 1 is 0.519 bits per heavy atom. The standard InChI is InChI=1S/C70H49N5O.Pt/c1-70(2,3)49-41-42-71-67(43-49)75-64-37-17-12-29-57(64)59-40-39-52(45-66(59)75)76-51-26-18-25-50(44-51)72-46-73(68-53(47-21-6-4-7-22-47)31-19-32-54(68)48-23-8-5-9-24-48)65-38-20-33-60(69(65)72)58-30-13-16-36-63(58)74-61-34-14-10-27-55(61)56-28-11-15-35-62(56)74;/h4-43H,1-3H3;/q-2;/i4D,5D,6D,7D,8D,9D,21D,22D,23D,24D;. The van der Waals surface area contributed by atoms with E-state index < -0.39 is 60.4 Å². The quantitative estimate of drug-likeness (QED) is 0.107. The van der Waals surface area contributed by atoms with Crippen LogP contribution in [0.3, 0.4) is 0 Å². The fraction of sp³-hybridized carbons (Fsp3) is 0.0571. The summed E-state index contributed by atoms with van der Waals surface area (Å²) in [4.78, 5) is 4.86. The molecule has 0 bridgehead atoms. The molecule has 10 aromatic carbocycles. The molecule has 372 valence electrons. The minimum absolute atomic E-state index is 0. The fourth-order valence-electron chi connectivity index (χ4n) is 10.7. The molecule has 0 fully saturated rings. The van der Waals surface area contributed by atoms with Crippen LogP contribution < -0.4 is 9.30 Å². The third kappa shape index (κ3) is 8.16. The van der Waals surface area contributed by atoms with Crippen LogP contribution in [0.1, 0.15) is 40.0 Å². The molecule has 0 spiro atoms. The number of ether oxygens (including phenoxy) is 1. The van der Waals surface area contributed by atoms with Crippen molar-refractivity contribution in [2.75, 3.05) is 0 Å². The van der Waals surface area contributed by atoms with Gasteiger partial charge in [-0.3, -0.25) is 4.57 Å². The van der Waals surface area contributed by atoms with E-state index in [1.165, 1.54) is 0 Å². The molecule has 0 saturated carbocycles. The van der Waals surface area contributed by atoms with Gasteiger partial charge in [0, 0.05) is 60.6 Å². The van der Waals surface area contributed by atoms with E-state index in [-0.39, 0.29) is 54.4 Å². The number of pyridine rings is 1. The van der Waals surface area contributed by atoms with Crippen LogP contribution in [-0.4, -0.2) is 18.7 Å². The molecular weight excluding hydrogens is 1120 g/mol. The number of hydrogen-bond donors (Lipinski definition) is 0. The van der Waals surface area contributed by atoms with E-state index in [9.17, 15) is 5.48 Å². The molecule has 0 saturated heterocycles. The Hall–Kier alpha value is -9.09. The van der Waals surface area contributed by atoms with Crippen molar-refractivity contribution < 1.29 is 44.1 Å².